The van der Waals surface area contributed by atoms with Gasteiger partial charge in [-0.3, -0.25) is 0 Å². The molecule has 1 aliphatic rings. The van der Waals surface area contributed by atoms with Crippen LogP contribution in [0.1, 0.15) is 0 Å². The molecule has 0 unspecified atom stereocenters. The second-order valence-corrected chi connectivity index (χ2v) is 5.98. The number of nitrogens with one attached hydrogen (secondary N) is 1. The van der Waals surface area contributed by atoms with Gasteiger partial charge in [0.05, 0.1) is 18.1 Å². The van der Waals surface area contributed by atoms with Crippen LogP contribution in [0.3, 0.4) is 0 Å². The lowest BCUT2D eigenvalue weighted by Gasteiger charge is -2.27. The van der Waals surface area contributed by atoms with Crippen LogP contribution in [-0.4, -0.2) is 72.8 Å². The second-order valence-electron chi connectivity index (χ2n) is 3.68. The summed E-state index contributed by atoms with van der Waals surface area (Å²) >= 11 is 0. The molecule has 1 aliphatic heterocycles. The third-order valence-corrected chi connectivity index (χ3v) is 3.97. The van der Waals surface area contributed by atoms with Crippen molar-refractivity contribution in [2.75, 3.05) is 31.1 Å². The van der Waals surface area contributed by atoms with E-state index < -0.39 is 34.5 Å². The summed E-state index contributed by atoms with van der Waals surface area (Å²) in [6.07, 6.45) is -1.66. The zero-order chi connectivity index (χ0) is 13.1. The Morgan fingerprint density at radius 1 is 1.29 bits per heavy atom. The normalized spacial score (nSPS) is 20.6. The first kappa shape index (κ1) is 13.7. The number of carboxylic acids is 1. The van der Waals surface area contributed by atoms with Crippen LogP contribution in [0.5, 0.6) is 0 Å². The van der Waals surface area contributed by atoms with Crippen LogP contribution in [0.2, 0.25) is 0 Å². The Hall–Kier alpha value is -1.35. The largest absolute Gasteiger partial charge is 0.479 e. The van der Waals surface area contributed by atoms with Crippen molar-refractivity contribution in [3.05, 3.63) is 0 Å². The SMILES string of the molecule is O=C(O)[C@@H](O)CNC(=O)N1CCS(=O)(=O)CC1. The van der Waals surface area contributed by atoms with E-state index in [-0.39, 0.29) is 24.6 Å². The molecule has 9 heteroatoms. The van der Waals surface area contributed by atoms with Gasteiger partial charge in [0.1, 0.15) is 0 Å². The van der Waals surface area contributed by atoms with Crippen LogP contribution in [0.25, 0.3) is 0 Å². The Bertz CT molecular complexity index is 392. The van der Waals surface area contributed by atoms with Gasteiger partial charge in [-0.1, -0.05) is 0 Å². The van der Waals surface area contributed by atoms with Crippen molar-refractivity contribution in [3.63, 3.8) is 0 Å². The molecule has 0 bridgehead atoms. The van der Waals surface area contributed by atoms with Crippen molar-refractivity contribution in [1.82, 2.24) is 10.2 Å². The fraction of sp³-hybridized carbons (Fsp3) is 0.750. The zero-order valence-electron chi connectivity index (χ0n) is 9.00. The van der Waals surface area contributed by atoms with E-state index in [1.54, 1.807) is 0 Å². The summed E-state index contributed by atoms with van der Waals surface area (Å²) in [7, 11) is -3.06. The van der Waals surface area contributed by atoms with Crippen LogP contribution in [0.4, 0.5) is 4.79 Å². The minimum atomic E-state index is -3.06. The van der Waals surface area contributed by atoms with Crippen molar-refractivity contribution < 1.29 is 28.2 Å². The number of amides is 2. The monoisotopic (exact) mass is 266 g/mol. The lowest BCUT2D eigenvalue weighted by molar-refractivity contribution is -0.146. The fourth-order valence-electron chi connectivity index (χ4n) is 1.30. The van der Waals surface area contributed by atoms with E-state index in [4.69, 9.17) is 10.2 Å². The van der Waals surface area contributed by atoms with Crippen LogP contribution >= 0.6 is 0 Å². The number of carbonyl (C=O) groups excluding carboxylic acids is 1. The molecule has 1 atom stereocenters. The van der Waals surface area contributed by atoms with Gasteiger partial charge in [-0.15, -0.1) is 0 Å². The summed E-state index contributed by atoms with van der Waals surface area (Å²) in [5.74, 6) is -1.62. The highest BCUT2D eigenvalue weighted by Gasteiger charge is 2.25. The van der Waals surface area contributed by atoms with E-state index in [9.17, 15) is 18.0 Å². The Balaban J connectivity index is 2.37. The molecule has 0 aromatic heterocycles. The van der Waals surface area contributed by atoms with E-state index in [1.807, 2.05) is 0 Å². The molecule has 8 nitrogen and oxygen atoms in total. The average Bonchev–Trinajstić information content (AvgIpc) is 2.25. The molecule has 0 aliphatic carbocycles. The molecule has 2 amide bonds. The van der Waals surface area contributed by atoms with Crippen LogP contribution < -0.4 is 5.32 Å². The molecule has 3 N–H and O–H groups in total. The topological polar surface area (TPSA) is 124 Å². The smallest absolute Gasteiger partial charge is 0.334 e. The standard InChI is InChI=1S/C8H14N2O6S/c11-6(7(12)13)5-9-8(14)10-1-3-17(15,16)4-2-10/h6,11H,1-5H2,(H,9,14)(H,12,13)/t6-/m0/s1. The zero-order valence-corrected chi connectivity index (χ0v) is 9.81. The quantitative estimate of drug-likeness (QED) is 0.536. The minimum Gasteiger partial charge on any atom is -0.479 e. The third kappa shape index (κ3) is 4.19. The summed E-state index contributed by atoms with van der Waals surface area (Å²) in [6, 6.07) is -0.569. The molecule has 1 saturated heterocycles. The Labute approximate surface area is 98.1 Å². The number of sulfone groups is 1. The predicted molar refractivity (Wildman–Crippen MR) is 57.3 cm³/mol. The number of aliphatic carboxylic acids is 1. The van der Waals surface area contributed by atoms with Crippen molar-refractivity contribution in [2.45, 2.75) is 6.10 Å². The highest BCUT2D eigenvalue weighted by atomic mass is 32.2. The maximum absolute atomic E-state index is 11.5. The molecule has 1 fully saturated rings. The number of nitrogens with zero attached hydrogens (tertiary/aromatic N) is 1. The molecule has 17 heavy (non-hydrogen) atoms. The van der Waals surface area contributed by atoms with Crippen molar-refractivity contribution in [2.24, 2.45) is 0 Å². The molecule has 0 radical (unpaired) electrons. The van der Waals surface area contributed by atoms with E-state index in [0.717, 1.165) is 0 Å². The van der Waals surface area contributed by atoms with Gasteiger partial charge in [0.25, 0.3) is 0 Å². The number of carboxylic acid groups (broad SMARTS) is 1. The maximum atomic E-state index is 11.5. The first-order valence-electron chi connectivity index (χ1n) is 4.96. The molecule has 0 aromatic carbocycles. The number of aliphatic hydroxyl groups excluding tert-OH is 1. The second kappa shape index (κ2) is 5.32. The van der Waals surface area contributed by atoms with Gasteiger partial charge in [-0.25, -0.2) is 18.0 Å². The number of aliphatic hydroxyl groups is 1. The predicted octanol–water partition coefficient (Wildman–Crippen LogP) is -2.13. The third-order valence-electron chi connectivity index (χ3n) is 2.36. The Morgan fingerprint density at radius 3 is 2.29 bits per heavy atom. The number of hydrogen-bond acceptors (Lipinski definition) is 5. The van der Waals surface area contributed by atoms with Gasteiger partial charge >= 0.3 is 12.0 Å². The maximum Gasteiger partial charge on any atom is 0.334 e. The first-order valence-corrected chi connectivity index (χ1v) is 6.78. The average molecular weight is 266 g/mol. The molecular weight excluding hydrogens is 252 g/mol. The molecule has 0 saturated carbocycles. The summed E-state index contributed by atoms with van der Waals surface area (Å²) in [5, 5.41) is 19.5. The number of carbonyl (C=O) groups is 2. The van der Waals surface area contributed by atoms with Gasteiger partial charge < -0.3 is 20.4 Å². The van der Waals surface area contributed by atoms with Gasteiger partial charge in [-0.05, 0) is 0 Å². The van der Waals surface area contributed by atoms with Crippen LogP contribution in [0.15, 0.2) is 0 Å². The van der Waals surface area contributed by atoms with Gasteiger partial charge in [-0.2, -0.15) is 0 Å². The highest BCUT2D eigenvalue weighted by molar-refractivity contribution is 7.91. The van der Waals surface area contributed by atoms with Gasteiger partial charge in [0, 0.05) is 13.1 Å². The van der Waals surface area contributed by atoms with Crippen LogP contribution in [0, 0.1) is 0 Å². The fourth-order valence-corrected chi connectivity index (χ4v) is 2.50. The molecule has 1 heterocycles. The lowest BCUT2D eigenvalue weighted by Crippen LogP contribution is -2.50. The molecule has 0 spiro atoms. The minimum absolute atomic E-state index is 0.0807. The van der Waals surface area contributed by atoms with Crippen molar-refractivity contribution in [1.29, 1.82) is 0 Å². The van der Waals surface area contributed by atoms with Crippen LogP contribution in [-0.2, 0) is 14.6 Å². The molecule has 1 rings (SSSR count). The number of urea groups is 1. The highest BCUT2D eigenvalue weighted by Crippen LogP contribution is 2.03. The summed E-state index contributed by atoms with van der Waals surface area (Å²) in [5.41, 5.74) is 0. The molecule has 0 aromatic rings. The number of rotatable bonds is 3. The Kier molecular flexibility index (Phi) is 4.29. The van der Waals surface area contributed by atoms with E-state index in [1.165, 1.54) is 4.90 Å². The summed E-state index contributed by atoms with van der Waals surface area (Å²) in [6.45, 7) is -0.244. The molecular formula is C8H14N2O6S. The van der Waals surface area contributed by atoms with E-state index in [0.29, 0.717) is 0 Å². The summed E-state index contributed by atoms with van der Waals surface area (Å²) in [4.78, 5) is 23.0. The van der Waals surface area contributed by atoms with Gasteiger partial charge in [0.15, 0.2) is 15.9 Å². The van der Waals surface area contributed by atoms with E-state index >= 15 is 0 Å². The van der Waals surface area contributed by atoms with Crippen molar-refractivity contribution >= 4 is 21.8 Å². The summed E-state index contributed by atoms with van der Waals surface area (Å²) < 4.78 is 22.2. The Morgan fingerprint density at radius 2 is 1.82 bits per heavy atom. The number of hydrogen-bond donors (Lipinski definition) is 3. The van der Waals surface area contributed by atoms with Crippen molar-refractivity contribution in [3.8, 4) is 0 Å². The van der Waals surface area contributed by atoms with Gasteiger partial charge in [0.2, 0.25) is 0 Å². The first-order chi connectivity index (χ1) is 7.82. The molecule has 98 valence electrons. The lowest BCUT2D eigenvalue weighted by atomic mass is 10.3. The van der Waals surface area contributed by atoms with E-state index in [2.05, 4.69) is 5.32 Å².